The first-order chi connectivity index (χ1) is 11.8. The van der Waals surface area contributed by atoms with Crippen molar-refractivity contribution in [2.45, 2.75) is 32.6 Å². The Morgan fingerprint density at radius 2 is 2.04 bits per heavy atom. The van der Waals surface area contributed by atoms with Gasteiger partial charge in [0.1, 0.15) is 5.82 Å². The lowest BCUT2D eigenvalue weighted by atomic mass is 9.96. The van der Waals surface area contributed by atoms with Gasteiger partial charge in [0.25, 0.3) is 0 Å². The molecule has 1 fully saturated rings. The Balaban J connectivity index is 1.53. The van der Waals surface area contributed by atoms with E-state index >= 15 is 0 Å². The van der Waals surface area contributed by atoms with Gasteiger partial charge in [-0.15, -0.1) is 0 Å². The van der Waals surface area contributed by atoms with Crippen LogP contribution in [0, 0.1) is 5.92 Å². The van der Waals surface area contributed by atoms with Crippen LogP contribution in [0.4, 0.5) is 5.13 Å². The summed E-state index contributed by atoms with van der Waals surface area (Å²) in [5.74, 6) is 1.23. The molecule has 1 aliphatic rings. The molecule has 0 unspecified atom stereocenters. The zero-order chi connectivity index (χ0) is 16.8. The van der Waals surface area contributed by atoms with Crippen LogP contribution in [-0.4, -0.2) is 34.9 Å². The normalized spacial score (nSPS) is 15.5. The predicted octanol–water partition coefficient (Wildman–Crippen LogP) is 2.87. The van der Waals surface area contributed by atoms with Gasteiger partial charge in [-0.05, 0) is 24.8 Å². The smallest absolute Gasteiger partial charge is 0.223 e. The van der Waals surface area contributed by atoms with Gasteiger partial charge < -0.3 is 10.2 Å². The number of piperidine rings is 1. The summed E-state index contributed by atoms with van der Waals surface area (Å²) < 4.78 is 4.49. The van der Waals surface area contributed by atoms with Crippen LogP contribution in [0.2, 0.25) is 0 Å². The molecule has 128 valence electrons. The van der Waals surface area contributed by atoms with Gasteiger partial charge in [-0.3, -0.25) is 4.79 Å². The van der Waals surface area contributed by atoms with E-state index in [2.05, 4.69) is 38.6 Å². The number of nitrogens with one attached hydrogen (secondary N) is 1. The van der Waals surface area contributed by atoms with E-state index in [1.165, 1.54) is 17.1 Å². The van der Waals surface area contributed by atoms with Crippen molar-refractivity contribution in [2.24, 2.45) is 5.92 Å². The lowest BCUT2D eigenvalue weighted by Crippen LogP contribution is -2.40. The number of carbonyl (C=O) groups is 1. The highest BCUT2D eigenvalue weighted by atomic mass is 32.1. The summed E-state index contributed by atoms with van der Waals surface area (Å²) in [5.41, 5.74) is 1.23. The second-order valence-corrected chi connectivity index (χ2v) is 6.94. The average Bonchev–Trinajstić information content (AvgIpc) is 3.09. The molecule has 3 rings (SSSR count). The molecular weight excluding hydrogens is 320 g/mol. The molecule has 1 N–H and O–H groups in total. The highest BCUT2D eigenvalue weighted by Crippen LogP contribution is 2.25. The van der Waals surface area contributed by atoms with Crippen molar-refractivity contribution < 1.29 is 4.79 Å². The molecule has 0 saturated carbocycles. The van der Waals surface area contributed by atoms with Gasteiger partial charge in [0.05, 0.1) is 0 Å². The van der Waals surface area contributed by atoms with Gasteiger partial charge in [0.15, 0.2) is 0 Å². The Morgan fingerprint density at radius 3 is 2.75 bits per heavy atom. The Labute approximate surface area is 147 Å². The summed E-state index contributed by atoms with van der Waals surface area (Å²) in [6.07, 6.45) is 3.54. The molecule has 2 heterocycles. The van der Waals surface area contributed by atoms with E-state index in [0.717, 1.165) is 56.3 Å². The molecule has 0 aliphatic carbocycles. The third-order valence-electron chi connectivity index (χ3n) is 4.35. The minimum atomic E-state index is 0.143. The monoisotopic (exact) mass is 344 g/mol. The summed E-state index contributed by atoms with van der Waals surface area (Å²) in [7, 11) is 0. The van der Waals surface area contributed by atoms with E-state index in [0.29, 0.717) is 0 Å². The Hall–Kier alpha value is -1.95. The summed E-state index contributed by atoms with van der Waals surface area (Å²) in [6, 6.07) is 10.3. The highest BCUT2D eigenvalue weighted by molar-refractivity contribution is 7.09. The van der Waals surface area contributed by atoms with E-state index in [-0.39, 0.29) is 11.8 Å². The predicted molar refractivity (Wildman–Crippen MR) is 97.4 cm³/mol. The van der Waals surface area contributed by atoms with E-state index in [9.17, 15) is 4.79 Å². The SMILES string of the molecule is CCCNC(=O)C1CCN(c2nc(Cc3ccccc3)ns2)CC1. The molecule has 0 radical (unpaired) electrons. The lowest BCUT2D eigenvalue weighted by Gasteiger charge is -2.30. The highest BCUT2D eigenvalue weighted by Gasteiger charge is 2.26. The Bertz CT molecular complexity index is 650. The minimum absolute atomic E-state index is 0.143. The largest absolute Gasteiger partial charge is 0.356 e. The molecule has 5 nitrogen and oxygen atoms in total. The molecule has 0 bridgehead atoms. The average molecular weight is 344 g/mol. The summed E-state index contributed by atoms with van der Waals surface area (Å²) in [5, 5.41) is 3.99. The zero-order valence-corrected chi connectivity index (χ0v) is 14.9. The van der Waals surface area contributed by atoms with Crippen molar-refractivity contribution in [3.8, 4) is 0 Å². The van der Waals surface area contributed by atoms with Gasteiger partial charge in [0.2, 0.25) is 11.0 Å². The second kappa shape index (κ2) is 8.24. The number of carbonyl (C=O) groups excluding carboxylic acids is 1. The van der Waals surface area contributed by atoms with Gasteiger partial charge in [0, 0.05) is 43.5 Å². The maximum absolute atomic E-state index is 12.1. The Morgan fingerprint density at radius 1 is 1.29 bits per heavy atom. The summed E-state index contributed by atoms with van der Waals surface area (Å²) in [6.45, 7) is 4.61. The fourth-order valence-electron chi connectivity index (χ4n) is 2.95. The number of rotatable bonds is 6. The van der Waals surface area contributed by atoms with Crippen LogP contribution in [-0.2, 0) is 11.2 Å². The fourth-order valence-corrected chi connectivity index (χ4v) is 3.69. The molecular formula is C18H24N4OS. The molecule has 0 atom stereocenters. The number of anilines is 1. The van der Waals surface area contributed by atoms with Crippen LogP contribution in [0.5, 0.6) is 0 Å². The van der Waals surface area contributed by atoms with E-state index in [1.807, 2.05) is 18.2 Å². The van der Waals surface area contributed by atoms with Crippen LogP contribution in [0.25, 0.3) is 0 Å². The lowest BCUT2D eigenvalue weighted by molar-refractivity contribution is -0.125. The minimum Gasteiger partial charge on any atom is -0.356 e. The second-order valence-electron chi connectivity index (χ2n) is 6.21. The number of aromatic nitrogens is 2. The number of amides is 1. The van der Waals surface area contributed by atoms with Gasteiger partial charge in [-0.1, -0.05) is 37.3 Å². The molecule has 1 aromatic heterocycles. The third-order valence-corrected chi connectivity index (χ3v) is 5.16. The topological polar surface area (TPSA) is 58.1 Å². The first-order valence-corrected chi connectivity index (χ1v) is 9.42. The van der Waals surface area contributed by atoms with Crippen LogP contribution >= 0.6 is 11.5 Å². The number of hydrogen-bond donors (Lipinski definition) is 1. The third kappa shape index (κ3) is 4.32. The van der Waals surface area contributed by atoms with E-state index in [4.69, 9.17) is 0 Å². The first kappa shape index (κ1) is 16.9. The molecule has 1 saturated heterocycles. The van der Waals surface area contributed by atoms with Crippen LogP contribution in [0.3, 0.4) is 0 Å². The zero-order valence-electron chi connectivity index (χ0n) is 14.1. The van der Waals surface area contributed by atoms with Crippen LogP contribution < -0.4 is 10.2 Å². The van der Waals surface area contributed by atoms with Crippen LogP contribution in [0.15, 0.2) is 30.3 Å². The Kier molecular flexibility index (Phi) is 5.80. The standard InChI is InChI=1S/C18H24N4OS/c1-2-10-19-17(23)15-8-11-22(12-9-15)18-20-16(21-24-18)13-14-6-4-3-5-7-14/h3-7,15H,2,8-13H2,1H3,(H,19,23). The quantitative estimate of drug-likeness (QED) is 0.875. The van der Waals surface area contributed by atoms with Crippen molar-refractivity contribution >= 4 is 22.6 Å². The van der Waals surface area contributed by atoms with Crippen molar-refractivity contribution in [3.63, 3.8) is 0 Å². The molecule has 1 amide bonds. The number of nitrogens with zero attached hydrogens (tertiary/aromatic N) is 3. The molecule has 24 heavy (non-hydrogen) atoms. The molecule has 0 spiro atoms. The van der Waals surface area contributed by atoms with Gasteiger partial charge >= 0.3 is 0 Å². The summed E-state index contributed by atoms with van der Waals surface area (Å²) in [4.78, 5) is 19.0. The summed E-state index contributed by atoms with van der Waals surface area (Å²) >= 11 is 1.46. The molecule has 2 aromatic rings. The van der Waals surface area contributed by atoms with Gasteiger partial charge in [-0.2, -0.15) is 4.37 Å². The fraction of sp³-hybridized carbons (Fsp3) is 0.500. The molecule has 1 aliphatic heterocycles. The van der Waals surface area contributed by atoms with Crippen molar-refractivity contribution in [1.29, 1.82) is 0 Å². The number of benzene rings is 1. The maximum Gasteiger partial charge on any atom is 0.223 e. The van der Waals surface area contributed by atoms with Crippen molar-refractivity contribution in [2.75, 3.05) is 24.5 Å². The van der Waals surface area contributed by atoms with E-state index in [1.54, 1.807) is 0 Å². The maximum atomic E-state index is 12.1. The van der Waals surface area contributed by atoms with Crippen molar-refractivity contribution in [1.82, 2.24) is 14.7 Å². The van der Waals surface area contributed by atoms with Crippen molar-refractivity contribution in [3.05, 3.63) is 41.7 Å². The van der Waals surface area contributed by atoms with Crippen LogP contribution in [0.1, 0.15) is 37.6 Å². The van der Waals surface area contributed by atoms with E-state index < -0.39 is 0 Å². The molecule has 6 heteroatoms. The molecule has 1 aromatic carbocycles. The van der Waals surface area contributed by atoms with Gasteiger partial charge in [-0.25, -0.2) is 4.98 Å². The number of hydrogen-bond acceptors (Lipinski definition) is 5. The first-order valence-electron chi connectivity index (χ1n) is 8.65.